The lowest BCUT2D eigenvalue weighted by Crippen LogP contribution is -2.45. The monoisotopic (exact) mass is 302 g/mol. The molecule has 1 aliphatic carbocycles. The average Bonchev–Trinajstić information content (AvgIpc) is 2.99. The molecule has 120 valence electrons. The second-order valence-electron chi connectivity index (χ2n) is 6.56. The summed E-state index contributed by atoms with van der Waals surface area (Å²) in [5.41, 5.74) is 2.88. The van der Waals surface area contributed by atoms with Crippen LogP contribution >= 0.6 is 0 Å². The standard InChI is InChI=1S/C18H26N2O2/c1-14-4-3-10-20(13-14)18(21)19-9-11-22-17-8-7-15-5-2-6-16(15)12-17/h7-8,12,14H,2-6,9-11,13H2,1H3,(H,19,21). The molecule has 1 aromatic carbocycles. The first-order chi connectivity index (χ1) is 10.7. The van der Waals surface area contributed by atoms with Crippen molar-refractivity contribution >= 4 is 6.03 Å². The van der Waals surface area contributed by atoms with Gasteiger partial charge in [-0.1, -0.05) is 13.0 Å². The number of nitrogens with zero attached hydrogens (tertiary/aromatic N) is 1. The Morgan fingerprint density at radius 2 is 2.18 bits per heavy atom. The molecule has 0 bridgehead atoms. The number of likely N-dealkylation sites (tertiary alicyclic amines) is 1. The molecule has 0 spiro atoms. The molecule has 0 radical (unpaired) electrons. The smallest absolute Gasteiger partial charge is 0.317 e. The molecule has 1 unspecified atom stereocenters. The van der Waals surface area contributed by atoms with Gasteiger partial charge in [0.25, 0.3) is 0 Å². The second-order valence-corrected chi connectivity index (χ2v) is 6.56. The Morgan fingerprint density at radius 1 is 1.32 bits per heavy atom. The van der Waals surface area contributed by atoms with Gasteiger partial charge in [-0.05, 0) is 61.3 Å². The maximum absolute atomic E-state index is 12.1. The average molecular weight is 302 g/mol. The third-order valence-electron chi connectivity index (χ3n) is 4.66. The van der Waals surface area contributed by atoms with E-state index in [2.05, 4.69) is 24.4 Å². The summed E-state index contributed by atoms with van der Waals surface area (Å²) in [6, 6.07) is 6.41. The molecule has 3 rings (SSSR count). The summed E-state index contributed by atoms with van der Waals surface area (Å²) in [4.78, 5) is 14.0. The van der Waals surface area contributed by atoms with Gasteiger partial charge in [0.1, 0.15) is 12.4 Å². The van der Waals surface area contributed by atoms with Crippen molar-refractivity contribution in [1.29, 1.82) is 0 Å². The molecular formula is C18H26N2O2. The van der Waals surface area contributed by atoms with E-state index in [4.69, 9.17) is 4.74 Å². The summed E-state index contributed by atoms with van der Waals surface area (Å²) in [7, 11) is 0. The molecule has 1 aliphatic heterocycles. The Kier molecular flexibility index (Phi) is 4.86. The van der Waals surface area contributed by atoms with Gasteiger partial charge in [-0.15, -0.1) is 0 Å². The normalized spacial score (nSPS) is 20.6. The zero-order chi connectivity index (χ0) is 15.4. The Hall–Kier alpha value is -1.71. The van der Waals surface area contributed by atoms with Gasteiger partial charge in [-0.25, -0.2) is 4.79 Å². The molecule has 0 aromatic heterocycles. The number of carbonyl (C=O) groups excluding carboxylic acids is 1. The van der Waals surface area contributed by atoms with Gasteiger partial charge in [0.2, 0.25) is 0 Å². The van der Waals surface area contributed by atoms with Gasteiger partial charge in [0.05, 0.1) is 6.54 Å². The molecule has 1 saturated heterocycles. The predicted molar refractivity (Wildman–Crippen MR) is 87.3 cm³/mol. The van der Waals surface area contributed by atoms with Crippen LogP contribution in [0, 0.1) is 5.92 Å². The first-order valence-electron chi connectivity index (χ1n) is 8.50. The fourth-order valence-electron chi connectivity index (χ4n) is 3.45. The van der Waals surface area contributed by atoms with Crippen LogP contribution in [0.5, 0.6) is 5.75 Å². The lowest BCUT2D eigenvalue weighted by molar-refractivity contribution is 0.167. The van der Waals surface area contributed by atoms with Crippen molar-refractivity contribution in [3.05, 3.63) is 29.3 Å². The molecule has 4 heteroatoms. The molecule has 4 nitrogen and oxygen atoms in total. The molecular weight excluding hydrogens is 276 g/mol. The lowest BCUT2D eigenvalue weighted by atomic mass is 10.0. The second kappa shape index (κ2) is 7.03. The third-order valence-corrected chi connectivity index (χ3v) is 4.66. The number of piperidine rings is 1. The van der Waals surface area contributed by atoms with E-state index in [-0.39, 0.29) is 6.03 Å². The number of carbonyl (C=O) groups is 1. The predicted octanol–water partition coefficient (Wildman–Crippen LogP) is 3.00. The van der Waals surface area contributed by atoms with Crippen LogP contribution in [0.2, 0.25) is 0 Å². The zero-order valence-corrected chi connectivity index (χ0v) is 13.4. The summed E-state index contributed by atoms with van der Waals surface area (Å²) in [6.45, 7) is 5.03. The van der Waals surface area contributed by atoms with Crippen molar-refractivity contribution in [3.8, 4) is 5.75 Å². The number of aryl methyl sites for hydroxylation is 2. The van der Waals surface area contributed by atoms with Crippen molar-refractivity contribution in [3.63, 3.8) is 0 Å². The van der Waals surface area contributed by atoms with Gasteiger partial charge in [0, 0.05) is 13.1 Å². The minimum atomic E-state index is 0.0455. The van der Waals surface area contributed by atoms with E-state index >= 15 is 0 Å². The summed E-state index contributed by atoms with van der Waals surface area (Å²) in [5.74, 6) is 1.53. The first-order valence-corrected chi connectivity index (χ1v) is 8.50. The number of ether oxygens (including phenoxy) is 1. The van der Waals surface area contributed by atoms with Crippen molar-refractivity contribution in [2.45, 2.75) is 39.0 Å². The van der Waals surface area contributed by atoms with Gasteiger partial charge < -0.3 is 15.0 Å². The SMILES string of the molecule is CC1CCCN(C(=O)NCCOc2ccc3c(c2)CCC3)C1. The van der Waals surface area contributed by atoms with Crippen LogP contribution in [0.25, 0.3) is 0 Å². The van der Waals surface area contributed by atoms with Gasteiger partial charge >= 0.3 is 6.03 Å². The fraction of sp³-hybridized carbons (Fsp3) is 0.611. The van der Waals surface area contributed by atoms with Crippen molar-refractivity contribution < 1.29 is 9.53 Å². The number of amides is 2. The number of nitrogens with one attached hydrogen (secondary N) is 1. The van der Waals surface area contributed by atoms with Crippen LogP contribution in [-0.4, -0.2) is 37.2 Å². The Bertz CT molecular complexity index is 530. The van der Waals surface area contributed by atoms with Crippen LogP contribution in [0.15, 0.2) is 18.2 Å². The van der Waals surface area contributed by atoms with E-state index in [1.54, 1.807) is 0 Å². The van der Waals surface area contributed by atoms with Crippen molar-refractivity contribution in [2.75, 3.05) is 26.2 Å². The topological polar surface area (TPSA) is 41.6 Å². The number of hydrogen-bond acceptors (Lipinski definition) is 2. The largest absolute Gasteiger partial charge is 0.492 e. The maximum atomic E-state index is 12.1. The molecule has 1 N–H and O–H groups in total. The first kappa shape index (κ1) is 15.2. The van der Waals surface area contributed by atoms with Gasteiger partial charge in [0.15, 0.2) is 0 Å². The number of fused-ring (bicyclic) bond motifs is 1. The Balaban J connectivity index is 1.39. The highest BCUT2D eigenvalue weighted by Crippen LogP contribution is 2.25. The number of hydrogen-bond donors (Lipinski definition) is 1. The van der Waals surface area contributed by atoms with Crippen LogP contribution in [0.1, 0.15) is 37.3 Å². The Labute approximate surface area is 132 Å². The van der Waals surface area contributed by atoms with Crippen LogP contribution in [0.4, 0.5) is 4.79 Å². The number of benzene rings is 1. The molecule has 1 heterocycles. The summed E-state index contributed by atoms with van der Waals surface area (Å²) in [5, 5.41) is 2.96. The van der Waals surface area contributed by atoms with E-state index < -0.39 is 0 Å². The van der Waals surface area contributed by atoms with Crippen LogP contribution in [0.3, 0.4) is 0 Å². The van der Waals surface area contributed by atoms with E-state index in [0.29, 0.717) is 19.1 Å². The Morgan fingerprint density at radius 3 is 3.05 bits per heavy atom. The van der Waals surface area contributed by atoms with Crippen LogP contribution in [-0.2, 0) is 12.8 Å². The molecule has 1 atom stereocenters. The molecule has 22 heavy (non-hydrogen) atoms. The van der Waals surface area contributed by atoms with E-state index in [1.165, 1.54) is 30.4 Å². The minimum Gasteiger partial charge on any atom is -0.492 e. The molecule has 1 fully saturated rings. The molecule has 0 saturated carbocycles. The van der Waals surface area contributed by atoms with E-state index in [1.807, 2.05) is 11.0 Å². The third kappa shape index (κ3) is 3.73. The minimum absolute atomic E-state index is 0.0455. The molecule has 2 aliphatic rings. The van der Waals surface area contributed by atoms with Crippen molar-refractivity contribution in [2.24, 2.45) is 5.92 Å². The number of urea groups is 1. The molecule has 2 amide bonds. The summed E-state index contributed by atoms with van der Waals surface area (Å²) >= 11 is 0. The summed E-state index contributed by atoms with van der Waals surface area (Å²) in [6.07, 6.45) is 5.95. The zero-order valence-electron chi connectivity index (χ0n) is 13.4. The maximum Gasteiger partial charge on any atom is 0.317 e. The fourth-order valence-corrected chi connectivity index (χ4v) is 3.45. The summed E-state index contributed by atoms with van der Waals surface area (Å²) < 4.78 is 5.76. The molecule has 1 aromatic rings. The van der Waals surface area contributed by atoms with Gasteiger partial charge in [-0.2, -0.15) is 0 Å². The quantitative estimate of drug-likeness (QED) is 0.869. The highest BCUT2D eigenvalue weighted by Gasteiger charge is 2.20. The van der Waals surface area contributed by atoms with E-state index in [9.17, 15) is 4.79 Å². The van der Waals surface area contributed by atoms with E-state index in [0.717, 1.165) is 31.7 Å². The van der Waals surface area contributed by atoms with Crippen molar-refractivity contribution in [1.82, 2.24) is 10.2 Å². The van der Waals surface area contributed by atoms with Crippen LogP contribution < -0.4 is 10.1 Å². The lowest BCUT2D eigenvalue weighted by Gasteiger charge is -2.30. The highest BCUT2D eigenvalue weighted by molar-refractivity contribution is 5.74. The number of rotatable bonds is 4. The van der Waals surface area contributed by atoms with Gasteiger partial charge in [-0.3, -0.25) is 0 Å². The highest BCUT2D eigenvalue weighted by atomic mass is 16.5.